The predicted octanol–water partition coefficient (Wildman–Crippen LogP) is 5.10. The van der Waals surface area contributed by atoms with Gasteiger partial charge in [0, 0.05) is 18.8 Å². The lowest BCUT2D eigenvalue weighted by Crippen LogP contribution is -2.24. The number of rotatable bonds is 2. The van der Waals surface area contributed by atoms with Crippen LogP contribution in [0.25, 0.3) is 0 Å². The standard InChI is InChI=1S/C22H22O2/c23-18-9-6-16(7-10-18)22-20(15-4-2-1-3-5-15)12-8-17-14-19(24)11-13-21(17)22/h1-7,9-10,20,22-23H,8,11-14H2. The fourth-order valence-corrected chi connectivity index (χ4v) is 4.43. The van der Waals surface area contributed by atoms with Gasteiger partial charge in [0.25, 0.3) is 0 Å². The lowest BCUT2D eigenvalue weighted by atomic mass is 9.66. The summed E-state index contributed by atoms with van der Waals surface area (Å²) in [6.07, 6.45) is 4.33. The Morgan fingerprint density at radius 3 is 2.33 bits per heavy atom. The van der Waals surface area contributed by atoms with E-state index in [4.69, 9.17) is 0 Å². The molecule has 0 saturated heterocycles. The van der Waals surface area contributed by atoms with Crippen molar-refractivity contribution in [3.05, 3.63) is 76.9 Å². The van der Waals surface area contributed by atoms with Gasteiger partial charge in [0.1, 0.15) is 11.5 Å². The van der Waals surface area contributed by atoms with Gasteiger partial charge in [-0.3, -0.25) is 4.79 Å². The van der Waals surface area contributed by atoms with Crippen LogP contribution in [-0.4, -0.2) is 10.9 Å². The topological polar surface area (TPSA) is 37.3 Å². The molecule has 2 aliphatic carbocycles. The molecular weight excluding hydrogens is 296 g/mol. The van der Waals surface area contributed by atoms with E-state index in [0.29, 0.717) is 36.2 Å². The van der Waals surface area contributed by atoms with Gasteiger partial charge in [-0.25, -0.2) is 0 Å². The summed E-state index contributed by atoms with van der Waals surface area (Å²) in [7, 11) is 0. The van der Waals surface area contributed by atoms with Crippen molar-refractivity contribution >= 4 is 5.78 Å². The number of benzene rings is 2. The number of carbonyl (C=O) groups is 1. The number of allylic oxidation sites excluding steroid dienone is 2. The van der Waals surface area contributed by atoms with Crippen molar-refractivity contribution in [3.8, 4) is 5.75 Å². The van der Waals surface area contributed by atoms with E-state index in [-0.39, 0.29) is 0 Å². The SMILES string of the molecule is O=C1CCC2=C(CCC(c3ccccc3)C2c2ccc(O)cc2)C1. The molecule has 4 rings (SSSR count). The molecule has 0 aromatic heterocycles. The van der Waals surface area contributed by atoms with E-state index in [1.807, 2.05) is 12.1 Å². The third kappa shape index (κ3) is 2.77. The molecule has 0 spiro atoms. The Labute approximate surface area is 142 Å². The van der Waals surface area contributed by atoms with Crippen molar-refractivity contribution in [3.63, 3.8) is 0 Å². The second kappa shape index (κ2) is 6.27. The number of hydrogen-bond donors (Lipinski definition) is 1. The summed E-state index contributed by atoms with van der Waals surface area (Å²) < 4.78 is 0. The third-order valence-corrected chi connectivity index (χ3v) is 5.55. The van der Waals surface area contributed by atoms with Crippen LogP contribution in [-0.2, 0) is 4.79 Å². The molecule has 0 saturated carbocycles. The number of carbonyl (C=O) groups excluding carboxylic acids is 1. The number of phenolic OH excluding ortho intramolecular Hbond substituents is 1. The van der Waals surface area contributed by atoms with Gasteiger partial charge in [0.05, 0.1) is 0 Å². The molecule has 1 N–H and O–H groups in total. The van der Waals surface area contributed by atoms with Crippen LogP contribution in [0.5, 0.6) is 5.75 Å². The first-order valence-electron chi connectivity index (χ1n) is 8.79. The van der Waals surface area contributed by atoms with Gasteiger partial charge < -0.3 is 5.11 Å². The number of phenols is 1. The van der Waals surface area contributed by atoms with Gasteiger partial charge in [-0.2, -0.15) is 0 Å². The molecule has 2 heteroatoms. The monoisotopic (exact) mass is 318 g/mol. The van der Waals surface area contributed by atoms with E-state index in [1.54, 1.807) is 12.1 Å². The largest absolute Gasteiger partial charge is 0.508 e. The number of aromatic hydroxyl groups is 1. The van der Waals surface area contributed by atoms with Crippen LogP contribution in [0.2, 0.25) is 0 Å². The third-order valence-electron chi connectivity index (χ3n) is 5.55. The van der Waals surface area contributed by atoms with Gasteiger partial charge >= 0.3 is 0 Å². The molecule has 0 aliphatic heterocycles. The van der Waals surface area contributed by atoms with E-state index < -0.39 is 0 Å². The van der Waals surface area contributed by atoms with Crippen molar-refractivity contribution in [1.82, 2.24) is 0 Å². The fourth-order valence-electron chi connectivity index (χ4n) is 4.43. The first-order chi connectivity index (χ1) is 11.7. The highest BCUT2D eigenvalue weighted by Gasteiger charge is 2.35. The Kier molecular flexibility index (Phi) is 3.97. The molecule has 2 aliphatic rings. The lowest BCUT2D eigenvalue weighted by molar-refractivity contribution is -0.118. The first kappa shape index (κ1) is 15.2. The Balaban J connectivity index is 1.80. The molecule has 24 heavy (non-hydrogen) atoms. The van der Waals surface area contributed by atoms with E-state index >= 15 is 0 Å². The highest BCUT2D eigenvalue weighted by atomic mass is 16.3. The zero-order chi connectivity index (χ0) is 16.5. The van der Waals surface area contributed by atoms with Crippen LogP contribution < -0.4 is 0 Å². The maximum absolute atomic E-state index is 11.9. The summed E-state index contributed by atoms with van der Waals surface area (Å²) in [5, 5.41) is 9.65. The number of hydrogen-bond acceptors (Lipinski definition) is 2. The summed E-state index contributed by atoms with van der Waals surface area (Å²) in [6.45, 7) is 0. The molecule has 0 radical (unpaired) electrons. The summed E-state index contributed by atoms with van der Waals surface area (Å²) in [4.78, 5) is 11.9. The Hall–Kier alpha value is -2.35. The van der Waals surface area contributed by atoms with Gasteiger partial charge in [-0.1, -0.05) is 53.6 Å². The lowest BCUT2D eigenvalue weighted by Gasteiger charge is -2.38. The molecule has 0 fully saturated rings. The minimum absolute atomic E-state index is 0.304. The first-order valence-corrected chi connectivity index (χ1v) is 8.79. The molecule has 2 atom stereocenters. The summed E-state index contributed by atoms with van der Waals surface area (Å²) >= 11 is 0. The van der Waals surface area contributed by atoms with Crippen molar-refractivity contribution in [1.29, 1.82) is 0 Å². The van der Waals surface area contributed by atoms with E-state index in [0.717, 1.165) is 19.3 Å². The summed E-state index contributed by atoms with van der Waals surface area (Å²) in [5.41, 5.74) is 5.47. The predicted molar refractivity (Wildman–Crippen MR) is 95.1 cm³/mol. The van der Waals surface area contributed by atoms with Gasteiger partial charge in [0.15, 0.2) is 0 Å². The smallest absolute Gasteiger partial charge is 0.137 e. The summed E-state index contributed by atoms with van der Waals surface area (Å²) in [6, 6.07) is 18.4. The van der Waals surface area contributed by atoms with Gasteiger partial charge in [0.2, 0.25) is 0 Å². The minimum Gasteiger partial charge on any atom is -0.508 e. The molecular formula is C22H22O2. The molecule has 122 valence electrons. The van der Waals surface area contributed by atoms with E-state index in [1.165, 1.54) is 22.3 Å². The normalized spacial score (nSPS) is 23.9. The second-order valence-electron chi connectivity index (χ2n) is 6.97. The average molecular weight is 318 g/mol. The summed E-state index contributed by atoms with van der Waals surface area (Å²) in [5.74, 6) is 1.46. The van der Waals surface area contributed by atoms with E-state index in [9.17, 15) is 9.90 Å². The van der Waals surface area contributed by atoms with Gasteiger partial charge in [-0.15, -0.1) is 0 Å². The molecule has 2 unspecified atom stereocenters. The van der Waals surface area contributed by atoms with Crippen LogP contribution in [0.1, 0.15) is 55.1 Å². The van der Waals surface area contributed by atoms with Crippen molar-refractivity contribution in [2.24, 2.45) is 0 Å². The van der Waals surface area contributed by atoms with Crippen LogP contribution in [0.15, 0.2) is 65.7 Å². The molecule has 0 amide bonds. The van der Waals surface area contributed by atoms with Crippen molar-refractivity contribution in [2.45, 2.75) is 43.9 Å². The van der Waals surface area contributed by atoms with Crippen LogP contribution in [0, 0.1) is 0 Å². The molecule has 0 bridgehead atoms. The van der Waals surface area contributed by atoms with E-state index in [2.05, 4.69) is 30.3 Å². The minimum atomic E-state index is 0.304. The molecule has 2 aromatic carbocycles. The molecule has 2 aromatic rings. The maximum Gasteiger partial charge on any atom is 0.137 e. The zero-order valence-electron chi connectivity index (χ0n) is 13.7. The average Bonchev–Trinajstić information content (AvgIpc) is 2.62. The Morgan fingerprint density at radius 1 is 0.833 bits per heavy atom. The van der Waals surface area contributed by atoms with Crippen molar-refractivity contribution in [2.75, 3.05) is 0 Å². The Morgan fingerprint density at radius 2 is 1.58 bits per heavy atom. The maximum atomic E-state index is 11.9. The molecule has 0 heterocycles. The van der Waals surface area contributed by atoms with Crippen LogP contribution in [0.4, 0.5) is 0 Å². The Bertz CT molecular complexity index is 771. The quantitative estimate of drug-likeness (QED) is 0.782. The van der Waals surface area contributed by atoms with Crippen molar-refractivity contribution < 1.29 is 9.90 Å². The zero-order valence-corrected chi connectivity index (χ0v) is 13.7. The number of ketones is 1. The molecule has 2 nitrogen and oxygen atoms in total. The fraction of sp³-hybridized carbons (Fsp3) is 0.318. The highest BCUT2D eigenvalue weighted by molar-refractivity contribution is 5.83. The second-order valence-corrected chi connectivity index (χ2v) is 6.97. The highest BCUT2D eigenvalue weighted by Crippen LogP contribution is 2.50. The van der Waals surface area contributed by atoms with Gasteiger partial charge in [-0.05, 0) is 48.4 Å². The van der Waals surface area contributed by atoms with Crippen LogP contribution in [0.3, 0.4) is 0 Å². The number of Topliss-reactive ketones (excluding diaryl/α,β-unsaturated/α-hetero) is 1. The van der Waals surface area contributed by atoms with Crippen LogP contribution >= 0.6 is 0 Å².